The molecule has 0 unspecified atom stereocenters. The van der Waals surface area contributed by atoms with Crippen molar-refractivity contribution in [2.24, 2.45) is 5.73 Å². The number of hydrogen-bond acceptors (Lipinski definition) is 4. The topological polar surface area (TPSA) is 86.5 Å². The number of benzene rings is 1. The maximum Gasteiger partial charge on any atom is 0.268 e. The molecule has 0 aliphatic carbocycles. The first-order chi connectivity index (χ1) is 8.06. The number of ether oxygens (including phenoxy) is 1. The Hall–Kier alpha value is -2.43. The summed E-state index contributed by atoms with van der Waals surface area (Å²) in [4.78, 5) is 33.6. The molecule has 2 rings (SSSR count). The normalized spacial score (nSPS) is 10.4. The minimum absolute atomic E-state index is 0.0246. The molecule has 0 saturated heterocycles. The Labute approximate surface area is 96.1 Å². The second kappa shape index (κ2) is 3.86. The third kappa shape index (κ3) is 1.61. The summed E-state index contributed by atoms with van der Waals surface area (Å²) < 4.78 is 4.83. The Bertz CT molecular complexity index is 665. The smallest absolute Gasteiger partial charge is 0.268 e. The molecule has 17 heavy (non-hydrogen) atoms. The summed E-state index contributed by atoms with van der Waals surface area (Å²) >= 11 is 0. The van der Waals surface area contributed by atoms with Crippen LogP contribution in [0.1, 0.15) is 10.4 Å². The lowest BCUT2D eigenvalue weighted by Gasteiger charge is -2.09. The van der Waals surface area contributed by atoms with Crippen molar-refractivity contribution in [3.63, 3.8) is 0 Å². The van der Waals surface area contributed by atoms with Crippen LogP contribution in [-0.2, 0) is 0 Å². The highest BCUT2D eigenvalue weighted by atomic mass is 16.5. The van der Waals surface area contributed by atoms with E-state index in [-0.39, 0.29) is 16.9 Å². The molecule has 2 aromatic carbocycles. The molecule has 5 heteroatoms. The molecule has 0 saturated carbocycles. The summed E-state index contributed by atoms with van der Waals surface area (Å²) in [5, 5.41) is 0. The first-order valence-electron chi connectivity index (χ1n) is 4.83. The van der Waals surface area contributed by atoms with Crippen LogP contribution in [-0.4, -0.2) is 13.0 Å². The second-order valence-corrected chi connectivity index (χ2v) is 3.51. The maximum absolute atomic E-state index is 11.4. The molecule has 0 aliphatic rings. The number of hydrogen-bond donors (Lipinski definition) is 1. The molecule has 0 radical (unpaired) electrons. The quantitative estimate of drug-likeness (QED) is 0.756. The van der Waals surface area contributed by atoms with Gasteiger partial charge in [0.1, 0.15) is 0 Å². The van der Waals surface area contributed by atoms with Crippen LogP contribution in [0, 0.1) is 0 Å². The molecule has 0 aromatic heterocycles. The molecule has 1 amide bonds. The van der Waals surface area contributed by atoms with Gasteiger partial charge < -0.3 is 10.5 Å². The van der Waals surface area contributed by atoms with Crippen molar-refractivity contribution in [2.75, 3.05) is 7.11 Å². The number of carbonyl (C=O) groups is 1. The average Bonchev–Trinajstić information content (AvgIpc) is 2.34. The van der Waals surface area contributed by atoms with Gasteiger partial charge >= 0.3 is 0 Å². The summed E-state index contributed by atoms with van der Waals surface area (Å²) in [6.45, 7) is 0. The number of nitrogens with two attached hydrogens (primary N) is 1. The SMILES string of the molecule is COc1c(-c2cccc(C(N)=O)c2)c(=O)c1=O. The molecule has 0 heterocycles. The Kier molecular flexibility index (Phi) is 2.51. The fraction of sp³-hybridized carbons (Fsp3) is 0.0833. The average molecular weight is 231 g/mol. The van der Waals surface area contributed by atoms with Crippen LogP contribution in [0.5, 0.6) is 5.75 Å². The number of carbonyl (C=O) groups excluding carboxylic acids is 1. The van der Waals surface area contributed by atoms with Crippen LogP contribution in [0.4, 0.5) is 0 Å². The summed E-state index contributed by atoms with van der Waals surface area (Å²) in [5.41, 5.74) is 4.81. The minimum atomic E-state index is -0.646. The van der Waals surface area contributed by atoms with E-state index in [1.54, 1.807) is 12.1 Å². The molecule has 0 bridgehead atoms. The van der Waals surface area contributed by atoms with Gasteiger partial charge in [-0.15, -0.1) is 0 Å². The van der Waals surface area contributed by atoms with Crippen LogP contribution in [0.25, 0.3) is 11.1 Å². The van der Waals surface area contributed by atoms with E-state index in [2.05, 4.69) is 0 Å². The first kappa shape index (κ1) is 11.1. The van der Waals surface area contributed by atoms with E-state index in [4.69, 9.17) is 10.5 Å². The van der Waals surface area contributed by atoms with Crippen LogP contribution < -0.4 is 21.3 Å². The predicted molar refractivity (Wildman–Crippen MR) is 61.9 cm³/mol. The van der Waals surface area contributed by atoms with E-state index in [0.717, 1.165) is 0 Å². The van der Waals surface area contributed by atoms with E-state index in [1.165, 1.54) is 19.2 Å². The molecule has 0 spiro atoms. The minimum Gasteiger partial charge on any atom is -0.492 e. The van der Waals surface area contributed by atoms with Crippen molar-refractivity contribution in [3.8, 4) is 16.9 Å². The highest BCUT2D eigenvalue weighted by Gasteiger charge is 2.23. The standard InChI is InChI=1S/C12H9NO4/c1-17-11-8(9(14)10(11)15)6-3-2-4-7(5-6)12(13)16/h2-5H,1H3,(H2,13,16). The lowest BCUT2D eigenvalue weighted by Crippen LogP contribution is -2.34. The lowest BCUT2D eigenvalue weighted by atomic mass is 9.98. The van der Waals surface area contributed by atoms with Gasteiger partial charge in [-0.2, -0.15) is 0 Å². The van der Waals surface area contributed by atoms with Crippen LogP contribution >= 0.6 is 0 Å². The van der Waals surface area contributed by atoms with Crippen molar-refractivity contribution >= 4 is 5.91 Å². The van der Waals surface area contributed by atoms with Crippen LogP contribution in [0.15, 0.2) is 33.9 Å². The Morgan fingerprint density at radius 3 is 2.53 bits per heavy atom. The van der Waals surface area contributed by atoms with Gasteiger partial charge in [0.2, 0.25) is 11.3 Å². The van der Waals surface area contributed by atoms with E-state index in [0.29, 0.717) is 5.56 Å². The van der Waals surface area contributed by atoms with E-state index >= 15 is 0 Å². The fourth-order valence-electron chi connectivity index (χ4n) is 1.66. The maximum atomic E-state index is 11.4. The zero-order chi connectivity index (χ0) is 12.6. The fourth-order valence-corrected chi connectivity index (χ4v) is 1.66. The Morgan fingerprint density at radius 1 is 1.24 bits per heavy atom. The third-order valence-corrected chi connectivity index (χ3v) is 2.51. The lowest BCUT2D eigenvalue weighted by molar-refractivity contribution is 0.100. The van der Waals surface area contributed by atoms with Crippen molar-refractivity contribution in [2.45, 2.75) is 0 Å². The molecule has 2 aromatic rings. The van der Waals surface area contributed by atoms with Crippen LogP contribution in [0.2, 0.25) is 0 Å². The van der Waals surface area contributed by atoms with Crippen molar-refractivity contribution in [1.82, 2.24) is 0 Å². The van der Waals surface area contributed by atoms with Gasteiger partial charge in [0.25, 0.3) is 5.43 Å². The van der Waals surface area contributed by atoms with Crippen molar-refractivity contribution in [3.05, 3.63) is 50.3 Å². The molecule has 2 N–H and O–H groups in total. The van der Waals surface area contributed by atoms with E-state index < -0.39 is 16.8 Å². The van der Waals surface area contributed by atoms with Gasteiger partial charge in [-0.25, -0.2) is 0 Å². The zero-order valence-corrected chi connectivity index (χ0v) is 9.02. The second-order valence-electron chi connectivity index (χ2n) is 3.51. The van der Waals surface area contributed by atoms with Crippen molar-refractivity contribution < 1.29 is 9.53 Å². The first-order valence-corrected chi connectivity index (χ1v) is 4.83. The molecule has 0 fully saturated rings. The van der Waals surface area contributed by atoms with Gasteiger partial charge in [0.15, 0.2) is 5.75 Å². The monoisotopic (exact) mass is 231 g/mol. The highest BCUT2D eigenvalue weighted by Crippen LogP contribution is 2.25. The summed E-state index contributed by atoms with van der Waals surface area (Å²) in [6.07, 6.45) is 0. The summed E-state index contributed by atoms with van der Waals surface area (Å²) in [6, 6.07) is 6.20. The van der Waals surface area contributed by atoms with Gasteiger partial charge in [0.05, 0.1) is 12.7 Å². The zero-order valence-electron chi connectivity index (χ0n) is 9.02. The van der Waals surface area contributed by atoms with Gasteiger partial charge in [-0.1, -0.05) is 12.1 Å². The Morgan fingerprint density at radius 2 is 1.94 bits per heavy atom. The van der Waals surface area contributed by atoms with Crippen molar-refractivity contribution in [1.29, 1.82) is 0 Å². The van der Waals surface area contributed by atoms with Gasteiger partial charge in [-0.3, -0.25) is 14.4 Å². The van der Waals surface area contributed by atoms with Gasteiger partial charge in [-0.05, 0) is 17.7 Å². The molecular weight excluding hydrogens is 222 g/mol. The third-order valence-electron chi connectivity index (χ3n) is 2.51. The predicted octanol–water partition coefficient (Wildman–Crippen LogP) is 0.0571. The van der Waals surface area contributed by atoms with E-state index in [9.17, 15) is 14.4 Å². The number of rotatable bonds is 3. The molecule has 0 atom stereocenters. The number of amides is 1. The molecular formula is C12H9NO4. The number of primary amides is 1. The highest BCUT2D eigenvalue weighted by molar-refractivity contribution is 5.94. The molecule has 0 aliphatic heterocycles. The number of methoxy groups -OCH3 is 1. The molecule has 5 nitrogen and oxygen atoms in total. The summed E-state index contributed by atoms with van der Waals surface area (Å²) in [5.74, 6) is -0.568. The summed E-state index contributed by atoms with van der Waals surface area (Å²) in [7, 11) is 1.32. The van der Waals surface area contributed by atoms with Crippen LogP contribution in [0.3, 0.4) is 0 Å². The van der Waals surface area contributed by atoms with E-state index in [1.807, 2.05) is 0 Å². The van der Waals surface area contributed by atoms with Gasteiger partial charge in [0, 0.05) is 5.56 Å². The largest absolute Gasteiger partial charge is 0.492 e. The molecule has 86 valence electrons. The Balaban J connectivity index is 2.58.